The summed E-state index contributed by atoms with van der Waals surface area (Å²) in [6.07, 6.45) is -1.30. The van der Waals surface area contributed by atoms with Gasteiger partial charge in [-0.2, -0.15) is 0 Å². The van der Waals surface area contributed by atoms with Crippen LogP contribution < -0.4 is 4.74 Å². The van der Waals surface area contributed by atoms with Crippen LogP contribution in [0.5, 0.6) is 5.75 Å². The summed E-state index contributed by atoms with van der Waals surface area (Å²) >= 11 is 0. The maximum atomic E-state index is 11.5. The van der Waals surface area contributed by atoms with Crippen molar-refractivity contribution in [2.75, 3.05) is 13.7 Å². The fourth-order valence-corrected chi connectivity index (χ4v) is 1.65. The van der Waals surface area contributed by atoms with Crippen molar-refractivity contribution in [3.05, 3.63) is 28.8 Å². The molecule has 1 unspecified atom stereocenters. The molecule has 0 aromatic heterocycles. The van der Waals surface area contributed by atoms with Crippen LogP contribution in [0.25, 0.3) is 0 Å². The molecule has 1 N–H and O–H groups in total. The molecule has 0 aliphatic carbocycles. The molecule has 0 fully saturated rings. The van der Waals surface area contributed by atoms with Crippen LogP contribution >= 0.6 is 0 Å². The van der Waals surface area contributed by atoms with E-state index in [0.717, 1.165) is 11.1 Å². The highest BCUT2D eigenvalue weighted by Crippen LogP contribution is 2.31. The number of hydrogen-bond donors (Lipinski definition) is 1. The second-order valence-corrected chi connectivity index (χ2v) is 3.78. The van der Waals surface area contributed by atoms with Crippen molar-refractivity contribution in [3.63, 3.8) is 0 Å². The minimum absolute atomic E-state index is 0.239. The number of benzene rings is 1. The first-order valence-electron chi connectivity index (χ1n) is 5.51. The van der Waals surface area contributed by atoms with E-state index in [0.29, 0.717) is 11.3 Å². The van der Waals surface area contributed by atoms with Crippen LogP contribution in [-0.4, -0.2) is 24.8 Å². The molecule has 1 aromatic rings. The summed E-state index contributed by atoms with van der Waals surface area (Å²) in [5.74, 6) is -0.125. The normalized spacial score (nSPS) is 12.1. The lowest BCUT2D eigenvalue weighted by Crippen LogP contribution is -2.16. The predicted molar refractivity (Wildman–Crippen MR) is 64.1 cm³/mol. The van der Waals surface area contributed by atoms with Crippen LogP contribution in [0.3, 0.4) is 0 Å². The minimum atomic E-state index is -1.30. The third kappa shape index (κ3) is 2.77. The van der Waals surface area contributed by atoms with Gasteiger partial charge in [0.2, 0.25) is 0 Å². The molecule has 0 aliphatic rings. The molecule has 0 bridgehead atoms. The van der Waals surface area contributed by atoms with Gasteiger partial charge in [0.1, 0.15) is 5.75 Å². The van der Waals surface area contributed by atoms with Gasteiger partial charge in [-0.3, -0.25) is 0 Å². The summed E-state index contributed by atoms with van der Waals surface area (Å²) in [5.41, 5.74) is 2.39. The molecule has 1 aromatic carbocycles. The van der Waals surface area contributed by atoms with Gasteiger partial charge in [-0.1, -0.05) is 12.1 Å². The third-order valence-electron chi connectivity index (χ3n) is 2.72. The summed E-state index contributed by atoms with van der Waals surface area (Å²) in [5, 5.41) is 9.89. The summed E-state index contributed by atoms with van der Waals surface area (Å²) in [6.45, 7) is 5.76. The van der Waals surface area contributed by atoms with Gasteiger partial charge in [0.05, 0.1) is 13.7 Å². The molecule has 0 heterocycles. The molecule has 4 heteroatoms. The number of methoxy groups -OCH3 is 1. The monoisotopic (exact) mass is 238 g/mol. The van der Waals surface area contributed by atoms with Crippen LogP contribution in [0, 0.1) is 13.8 Å². The van der Waals surface area contributed by atoms with Crippen LogP contribution in [0.15, 0.2) is 12.1 Å². The Balaban J connectivity index is 3.13. The van der Waals surface area contributed by atoms with Gasteiger partial charge in [0, 0.05) is 5.56 Å². The molecule has 0 saturated carbocycles. The standard InChI is InChI=1S/C13H18O4/c1-5-17-13(15)11(14)10-7-6-8(2)9(3)12(10)16-4/h6-7,11,14H,5H2,1-4H3. The fourth-order valence-electron chi connectivity index (χ4n) is 1.65. The van der Waals surface area contributed by atoms with Crippen LogP contribution in [0.4, 0.5) is 0 Å². The SMILES string of the molecule is CCOC(=O)C(O)c1ccc(C)c(C)c1OC. The maximum Gasteiger partial charge on any atom is 0.339 e. The quantitative estimate of drug-likeness (QED) is 0.814. The number of aryl methyl sites for hydroxylation is 1. The number of carbonyl (C=O) groups is 1. The Labute approximate surface area is 101 Å². The Hall–Kier alpha value is -1.55. The molecule has 94 valence electrons. The van der Waals surface area contributed by atoms with E-state index in [4.69, 9.17) is 9.47 Å². The number of aliphatic hydroxyl groups is 1. The van der Waals surface area contributed by atoms with E-state index in [1.165, 1.54) is 7.11 Å². The lowest BCUT2D eigenvalue weighted by atomic mass is 10.0. The molecule has 1 rings (SSSR count). The number of ether oxygens (including phenoxy) is 2. The van der Waals surface area contributed by atoms with E-state index in [1.54, 1.807) is 13.0 Å². The Kier molecular flexibility index (Phi) is 4.52. The summed E-state index contributed by atoms with van der Waals surface area (Å²) < 4.78 is 10.0. The molecular formula is C13H18O4. The second kappa shape index (κ2) is 5.68. The van der Waals surface area contributed by atoms with Crippen LogP contribution in [0.1, 0.15) is 29.7 Å². The zero-order chi connectivity index (χ0) is 13.0. The van der Waals surface area contributed by atoms with Gasteiger partial charge >= 0.3 is 5.97 Å². The number of carbonyl (C=O) groups excluding carboxylic acids is 1. The van der Waals surface area contributed by atoms with E-state index in [-0.39, 0.29) is 6.61 Å². The molecule has 17 heavy (non-hydrogen) atoms. The molecule has 0 spiro atoms. The third-order valence-corrected chi connectivity index (χ3v) is 2.72. The molecule has 1 atom stereocenters. The van der Waals surface area contributed by atoms with Gasteiger partial charge in [0.15, 0.2) is 6.10 Å². The fraction of sp³-hybridized carbons (Fsp3) is 0.462. The maximum absolute atomic E-state index is 11.5. The van der Waals surface area contributed by atoms with E-state index in [9.17, 15) is 9.90 Å². The number of rotatable bonds is 4. The van der Waals surface area contributed by atoms with Crippen molar-refractivity contribution < 1.29 is 19.4 Å². The number of aliphatic hydroxyl groups excluding tert-OH is 1. The van der Waals surface area contributed by atoms with Gasteiger partial charge in [-0.05, 0) is 31.9 Å². The smallest absolute Gasteiger partial charge is 0.339 e. The summed E-state index contributed by atoms with van der Waals surface area (Å²) in [6, 6.07) is 3.53. The first-order valence-corrected chi connectivity index (χ1v) is 5.51. The second-order valence-electron chi connectivity index (χ2n) is 3.78. The Bertz CT molecular complexity index is 412. The number of hydrogen-bond acceptors (Lipinski definition) is 4. The van der Waals surface area contributed by atoms with Gasteiger partial charge in [-0.15, -0.1) is 0 Å². The summed E-state index contributed by atoms with van der Waals surface area (Å²) in [4.78, 5) is 11.5. The number of esters is 1. The van der Waals surface area contributed by atoms with Gasteiger partial charge in [0.25, 0.3) is 0 Å². The topological polar surface area (TPSA) is 55.8 Å². The average molecular weight is 238 g/mol. The Morgan fingerprint density at radius 1 is 1.41 bits per heavy atom. The average Bonchev–Trinajstić information content (AvgIpc) is 2.31. The van der Waals surface area contributed by atoms with E-state index in [1.807, 2.05) is 19.9 Å². The molecular weight excluding hydrogens is 220 g/mol. The highest BCUT2D eigenvalue weighted by atomic mass is 16.5. The minimum Gasteiger partial charge on any atom is -0.496 e. The van der Waals surface area contributed by atoms with Crippen LogP contribution in [0.2, 0.25) is 0 Å². The zero-order valence-corrected chi connectivity index (χ0v) is 10.6. The Morgan fingerprint density at radius 3 is 2.59 bits per heavy atom. The summed E-state index contributed by atoms with van der Waals surface area (Å²) in [7, 11) is 1.52. The van der Waals surface area contributed by atoms with Gasteiger partial charge in [-0.25, -0.2) is 4.79 Å². The zero-order valence-electron chi connectivity index (χ0n) is 10.6. The first-order chi connectivity index (χ1) is 8.02. The lowest BCUT2D eigenvalue weighted by Gasteiger charge is -2.16. The van der Waals surface area contributed by atoms with Gasteiger partial charge < -0.3 is 14.6 Å². The molecule has 0 radical (unpaired) electrons. The van der Waals surface area contributed by atoms with Crippen molar-refractivity contribution >= 4 is 5.97 Å². The molecule has 0 amide bonds. The van der Waals surface area contributed by atoms with Crippen LogP contribution in [-0.2, 0) is 9.53 Å². The van der Waals surface area contributed by atoms with Crippen molar-refractivity contribution in [1.29, 1.82) is 0 Å². The first kappa shape index (κ1) is 13.5. The molecule has 0 saturated heterocycles. The molecule has 4 nitrogen and oxygen atoms in total. The largest absolute Gasteiger partial charge is 0.496 e. The van der Waals surface area contributed by atoms with E-state index in [2.05, 4.69) is 0 Å². The predicted octanol–water partition coefficient (Wildman–Crippen LogP) is 1.91. The van der Waals surface area contributed by atoms with Crippen molar-refractivity contribution in [2.24, 2.45) is 0 Å². The highest BCUT2D eigenvalue weighted by Gasteiger charge is 2.23. The Morgan fingerprint density at radius 2 is 2.06 bits per heavy atom. The molecule has 0 aliphatic heterocycles. The van der Waals surface area contributed by atoms with E-state index < -0.39 is 12.1 Å². The van der Waals surface area contributed by atoms with Crippen molar-refractivity contribution in [2.45, 2.75) is 26.9 Å². The van der Waals surface area contributed by atoms with Crippen molar-refractivity contribution in [3.8, 4) is 5.75 Å². The highest BCUT2D eigenvalue weighted by molar-refractivity contribution is 5.77. The van der Waals surface area contributed by atoms with Crippen molar-refractivity contribution in [1.82, 2.24) is 0 Å². The lowest BCUT2D eigenvalue weighted by molar-refractivity contribution is -0.153. The van der Waals surface area contributed by atoms with E-state index >= 15 is 0 Å².